The molecule has 1 unspecified atom stereocenters. The summed E-state index contributed by atoms with van der Waals surface area (Å²) in [4.78, 5) is 0. The molecule has 71 valence electrons. The van der Waals surface area contributed by atoms with Gasteiger partial charge >= 0.3 is 0 Å². The highest BCUT2D eigenvalue weighted by molar-refractivity contribution is 4.79. The topological polar surface area (TPSA) is 12.0 Å². The Kier molecular flexibility index (Phi) is 4.67. The Morgan fingerprint density at radius 3 is 2.67 bits per heavy atom. The fraction of sp³-hybridized carbons (Fsp3) is 0.909. The molecule has 12 heavy (non-hydrogen) atoms. The van der Waals surface area contributed by atoms with Crippen LogP contribution in [-0.2, 0) is 0 Å². The molecule has 1 atom stereocenters. The van der Waals surface area contributed by atoms with Crippen LogP contribution in [0.4, 0.5) is 0 Å². The van der Waals surface area contributed by atoms with E-state index in [9.17, 15) is 0 Å². The zero-order chi connectivity index (χ0) is 8.81. The minimum absolute atomic E-state index is 0.707. The molecule has 0 saturated heterocycles. The molecule has 1 aliphatic carbocycles. The summed E-state index contributed by atoms with van der Waals surface area (Å²) in [6.45, 7) is 6.78. The summed E-state index contributed by atoms with van der Waals surface area (Å²) in [5, 5.41) is 3.50. The smallest absolute Gasteiger partial charge is 0.0223 e. The zero-order valence-corrected chi connectivity index (χ0v) is 8.47. The molecular weight excluding hydrogens is 146 g/mol. The lowest BCUT2D eigenvalue weighted by atomic mass is 10.00. The summed E-state index contributed by atoms with van der Waals surface area (Å²) in [5.74, 6) is 0.943. The van der Waals surface area contributed by atoms with Crippen LogP contribution in [0, 0.1) is 12.5 Å². The van der Waals surface area contributed by atoms with Gasteiger partial charge in [-0.2, -0.15) is 0 Å². The maximum absolute atomic E-state index is 3.50. The first-order valence-corrected chi connectivity index (χ1v) is 5.42. The Hall–Kier alpha value is -0.0400. The third-order valence-electron chi connectivity index (χ3n) is 2.92. The van der Waals surface area contributed by atoms with Crippen LogP contribution in [0.1, 0.15) is 52.4 Å². The van der Waals surface area contributed by atoms with Crippen LogP contribution in [0.3, 0.4) is 0 Å². The van der Waals surface area contributed by atoms with E-state index >= 15 is 0 Å². The Bertz CT molecular complexity index is 106. The molecule has 0 aromatic carbocycles. The van der Waals surface area contributed by atoms with Crippen LogP contribution in [0.2, 0.25) is 0 Å². The lowest BCUT2D eigenvalue weighted by Gasteiger charge is -2.19. The molecule has 0 aromatic rings. The van der Waals surface area contributed by atoms with E-state index in [1.54, 1.807) is 0 Å². The van der Waals surface area contributed by atoms with E-state index in [4.69, 9.17) is 0 Å². The maximum Gasteiger partial charge on any atom is 0.0223 e. The summed E-state index contributed by atoms with van der Waals surface area (Å²) in [5.41, 5.74) is 0. The third-order valence-corrected chi connectivity index (χ3v) is 2.92. The van der Waals surface area contributed by atoms with Gasteiger partial charge in [-0.15, -0.1) is 0 Å². The molecule has 0 amide bonds. The van der Waals surface area contributed by atoms with Crippen molar-refractivity contribution in [3.8, 4) is 0 Å². The highest BCUT2D eigenvalue weighted by atomic mass is 14.9. The third kappa shape index (κ3) is 3.14. The normalized spacial score (nSPS) is 21.5. The second-order valence-electron chi connectivity index (χ2n) is 3.99. The minimum Gasteiger partial charge on any atom is -0.310 e. The van der Waals surface area contributed by atoms with Gasteiger partial charge in [0.1, 0.15) is 0 Å². The standard InChI is InChI=1S/C11H22N/c1-3-4-9-12-10(2)11-7-5-6-8-11/h9-12H,3-8H2,1-2H3. The molecular formula is C11H22N. The first-order chi connectivity index (χ1) is 5.84. The Balaban J connectivity index is 2.05. The second-order valence-corrected chi connectivity index (χ2v) is 3.99. The molecule has 1 fully saturated rings. The predicted molar refractivity (Wildman–Crippen MR) is 53.8 cm³/mol. The van der Waals surface area contributed by atoms with Crippen molar-refractivity contribution in [1.82, 2.24) is 5.32 Å². The number of hydrogen-bond donors (Lipinski definition) is 1. The highest BCUT2D eigenvalue weighted by Gasteiger charge is 2.20. The van der Waals surface area contributed by atoms with Crippen molar-refractivity contribution in [2.24, 2.45) is 5.92 Å². The molecule has 0 heterocycles. The first-order valence-electron chi connectivity index (χ1n) is 5.42. The summed E-state index contributed by atoms with van der Waals surface area (Å²) < 4.78 is 0. The van der Waals surface area contributed by atoms with Crippen LogP contribution < -0.4 is 5.32 Å². The number of unbranched alkanes of at least 4 members (excludes halogenated alkanes) is 1. The van der Waals surface area contributed by atoms with Crippen molar-refractivity contribution in [3.05, 3.63) is 6.54 Å². The molecule has 1 heteroatoms. The van der Waals surface area contributed by atoms with Gasteiger partial charge in [-0.3, -0.25) is 0 Å². The van der Waals surface area contributed by atoms with Gasteiger partial charge in [0.05, 0.1) is 0 Å². The SMILES string of the molecule is CCC[CH]NC(C)C1CCCC1. The number of nitrogens with one attached hydrogen (secondary N) is 1. The van der Waals surface area contributed by atoms with Gasteiger partial charge in [0.2, 0.25) is 0 Å². The summed E-state index contributed by atoms with van der Waals surface area (Å²) in [6, 6.07) is 0.707. The van der Waals surface area contributed by atoms with E-state index in [1.807, 2.05) is 0 Å². The van der Waals surface area contributed by atoms with Crippen molar-refractivity contribution in [2.45, 2.75) is 58.4 Å². The molecule has 0 spiro atoms. The van der Waals surface area contributed by atoms with E-state index in [0.717, 1.165) is 5.92 Å². The van der Waals surface area contributed by atoms with Crippen LogP contribution in [-0.4, -0.2) is 6.04 Å². The molecule has 1 rings (SSSR count). The lowest BCUT2D eigenvalue weighted by Crippen LogP contribution is -2.30. The van der Waals surface area contributed by atoms with Gasteiger partial charge < -0.3 is 5.32 Å². The molecule has 1 saturated carbocycles. The number of rotatable bonds is 5. The Morgan fingerprint density at radius 1 is 1.42 bits per heavy atom. The van der Waals surface area contributed by atoms with Crippen molar-refractivity contribution in [1.29, 1.82) is 0 Å². The molecule has 0 aliphatic heterocycles. The van der Waals surface area contributed by atoms with Crippen LogP contribution >= 0.6 is 0 Å². The average molecular weight is 168 g/mol. The van der Waals surface area contributed by atoms with Crippen molar-refractivity contribution >= 4 is 0 Å². The van der Waals surface area contributed by atoms with Gasteiger partial charge in [-0.25, -0.2) is 0 Å². The van der Waals surface area contributed by atoms with Gasteiger partial charge in [0.15, 0.2) is 0 Å². The van der Waals surface area contributed by atoms with E-state index in [2.05, 4.69) is 25.7 Å². The maximum atomic E-state index is 3.50. The van der Waals surface area contributed by atoms with Gasteiger partial charge in [-0.1, -0.05) is 26.2 Å². The Labute approximate surface area is 76.9 Å². The predicted octanol–water partition coefficient (Wildman–Crippen LogP) is 3.12. The summed E-state index contributed by atoms with van der Waals surface area (Å²) >= 11 is 0. The molecule has 1 radical (unpaired) electrons. The summed E-state index contributed by atoms with van der Waals surface area (Å²) in [6.07, 6.45) is 8.23. The second kappa shape index (κ2) is 5.58. The quantitative estimate of drug-likeness (QED) is 0.622. The van der Waals surface area contributed by atoms with Crippen molar-refractivity contribution in [2.75, 3.05) is 0 Å². The molecule has 1 N–H and O–H groups in total. The first kappa shape index (κ1) is 10.0. The van der Waals surface area contributed by atoms with Crippen molar-refractivity contribution in [3.63, 3.8) is 0 Å². The summed E-state index contributed by atoms with van der Waals surface area (Å²) in [7, 11) is 0. The molecule has 0 aromatic heterocycles. The molecule has 0 bridgehead atoms. The fourth-order valence-corrected chi connectivity index (χ4v) is 2.01. The van der Waals surface area contributed by atoms with Gasteiger partial charge in [0, 0.05) is 12.6 Å². The molecule has 1 nitrogen and oxygen atoms in total. The monoisotopic (exact) mass is 168 g/mol. The minimum atomic E-state index is 0.707. The van der Waals surface area contributed by atoms with E-state index in [0.29, 0.717) is 6.04 Å². The molecule has 1 aliphatic rings. The average Bonchev–Trinajstić information content (AvgIpc) is 2.56. The highest BCUT2D eigenvalue weighted by Crippen LogP contribution is 2.27. The fourth-order valence-electron chi connectivity index (χ4n) is 2.01. The lowest BCUT2D eigenvalue weighted by molar-refractivity contribution is 0.400. The van der Waals surface area contributed by atoms with Crippen molar-refractivity contribution < 1.29 is 0 Å². The van der Waals surface area contributed by atoms with Gasteiger partial charge in [-0.05, 0) is 32.1 Å². The zero-order valence-electron chi connectivity index (χ0n) is 8.47. The van der Waals surface area contributed by atoms with Crippen LogP contribution in [0.5, 0.6) is 0 Å². The number of hydrogen-bond acceptors (Lipinski definition) is 1. The Morgan fingerprint density at radius 2 is 2.08 bits per heavy atom. The van der Waals surface area contributed by atoms with E-state index < -0.39 is 0 Å². The van der Waals surface area contributed by atoms with Crippen LogP contribution in [0.15, 0.2) is 0 Å². The largest absolute Gasteiger partial charge is 0.310 e. The van der Waals surface area contributed by atoms with Crippen LogP contribution in [0.25, 0.3) is 0 Å². The van der Waals surface area contributed by atoms with E-state index in [1.165, 1.54) is 38.5 Å². The van der Waals surface area contributed by atoms with Gasteiger partial charge in [0.25, 0.3) is 0 Å². The van der Waals surface area contributed by atoms with E-state index in [-0.39, 0.29) is 0 Å².